The standard InChI is InChI=1S/C14H26N2O2/c1-11(2)16(9-13-8-12(13)3)10-14(17)15-4-6-18-7-5-15/h11-13H,4-10H2,1-3H3/t12-,13+/m1/s1. The van der Waals surface area contributed by atoms with E-state index >= 15 is 0 Å². The Morgan fingerprint density at radius 3 is 2.50 bits per heavy atom. The second-order valence-corrected chi connectivity index (χ2v) is 5.99. The van der Waals surface area contributed by atoms with Crippen molar-refractivity contribution in [1.82, 2.24) is 9.80 Å². The monoisotopic (exact) mass is 254 g/mol. The third-order valence-corrected chi connectivity index (χ3v) is 4.18. The normalized spacial score (nSPS) is 27.9. The Bertz CT molecular complexity index is 288. The minimum atomic E-state index is 0.264. The van der Waals surface area contributed by atoms with Gasteiger partial charge >= 0.3 is 0 Å². The number of nitrogens with zero attached hydrogens (tertiary/aromatic N) is 2. The molecule has 0 bridgehead atoms. The lowest BCUT2D eigenvalue weighted by Crippen LogP contribution is -2.47. The highest BCUT2D eigenvalue weighted by Gasteiger charge is 2.35. The van der Waals surface area contributed by atoms with Gasteiger partial charge < -0.3 is 9.64 Å². The molecule has 1 aliphatic carbocycles. The molecule has 2 atom stereocenters. The summed E-state index contributed by atoms with van der Waals surface area (Å²) in [7, 11) is 0. The summed E-state index contributed by atoms with van der Waals surface area (Å²) in [6, 6.07) is 0.447. The van der Waals surface area contributed by atoms with Crippen LogP contribution in [0.2, 0.25) is 0 Å². The Labute approximate surface area is 110 Å². The second kappa shape index (κ2) is 6.02. The van der Waals surface area contributed by atoms with Crippen molar-refractivity contribution in [2.45, 2.75) is 33.2 Å². The molecule has 1 amide bonds. The van der Waals surface area contributed by atoms with E-state index in [-0.39, 0.29) is 5.91 Å². The summed E-state index contributed by atoms with van der Waals surface area (Å²) in [6.07, 6.45) is 1.33. The minimum absolute atomic E-state index is 0.264. The van der Waals surface area contributed by atoms with Crippen molar-refractivity contribution in [3.05, 3.63) is 0 Å². The fourth-order valence-electron chi connectivity index (χ4n) is 2.50. The van der Waals surface area contributed by atoms with Gasteiger partial charge in [0.15, 0.2) is 0 Å². The summed E-state index contributed by atoms with van der Waals surface area (Å²) in [5, 5.41) is 0. The fourth-order valence-corrected chi connectivity index (χ4v) is 2.50. The molecule has 2 fully saturated rings. The smallest absolute Gasteiger partial charge is 0.236 e. The van der Waals surface area contributed by atoms with Gasteiger partial charge in [-0.25, -0.2) is 0 Å². The zero-order chi connectivity index (χ0) is 13.1. The molecular formula is C14H26N2O2. The number of carbonyl (C=O) groups excluding carboxylic acids is 1. The molecule has 0 N–H and O–H groups in total. The molecule has 1 aliphatic heterocycles. The summed E-state index contributed by atoms with van der Waals surface area (Å²) in [5.74, 6) is 1.93. The number of ether oxygens (including phenoxy) is 1. The van der Waals surface area contributed by atoms with Crippen molar-refractivity contribution < 1.29 is 9.53 Å². The second-order valence-electron chi connectivity index (χ2n) is 5.99. The van der Waals surface area contributed by atoms with Crippen molar-refractivity contribution in [3.63, 3.8) is 0 Å². The summed E-state index contributed by atoms with van der Waals surface area (Å²) >= 11 is 0. The molecule has 0 aromatic rings. The van der Waals surface area contributed by atoms with E-state index in [1.54, 1.807) is 0 Å². The highest BCUT2D eigenvalue weighted by molar-refractivity contribution is 5.78. The largest absolute Gasteiger partial charge is 0.378 e. The fraction of sp³-hybridized carbons (Fsp3) is 0.929. The van der Waals surface area contributed by atoms with E-state index in [0.29, 0.717) is 25.8 Å². The van der Waals surface area contributed by atoms with Gasteiger partial charge in [0.1, 0.15) is 0 Å². The van der Waals surface area contributed by atoms with Crippen LogP contribution in [0.25, 0.3) is 0 Å². The predicted octanol–water partition coefficient (Wildman–Crippen LogP) is 1.21. The number of morpholine rings is 1. The van der Waals surface area contributed by atoms with Gasteiger partial charge in [0, 0.05) is 25.7 Å². The van der Waals surface area contributed by atoms with E-state index in [1.165, 1.54) is 6.42 Å². The van der Waals surface area contributed by atoms with E-state index in [0.717, 1.165) is 31.5 Å². The Morgan fingerprint density at radius 1 is 1.39 bits per heavy atom. The van der Waals surface area contributed by atoms with Gasteiger partial charge in [-0.15, -0.1) is 0 Å². The summed E-state index contributed by atoms with van der Waals surface area (Å²) < 4.78 is 5.28. The lowest BCUT2D eigenvalue weighted by molar-refractivity contribution is -0.137. The molecule has 18 heavy (non-hydrogen) atoms. The quantitative estimate of drug-likeness (QED) is 0.739. The third kappa shape index (κ3) is 3.69. The summed E-state index contributed by atoms with van der Waals surface area (Å²) in [6.45, 7) is 11.2. The zero-order valence-electron chi connectivity index (χ0n) is 11.9. The summed E-state index contributed by atoms with van der Waals surface area (Å²) in [4.78, 5) is 16.5. The van der Waals surface area contributed by atoms with Crippen molar-refractivity contribution in [3.8, 4) is 0 Å². The predicted molar refractivity (Wildman–Crippen MR) is 71.4 cm³/mol. The van der Waals surface area contributed by atoms with Gasteiger partial charge in [-0.1, -0.05) is 6.92 Å². The molecular weight excluding hydrogens is 228 g/mol. The zero-order valence-corrected chi connectivity index (χ0v) is 11.9. The van der Waals surface area contributed by atoms with Crippen molar-refractivity contribution in [2.24, 2.45) is 11.8 Å². The maximum Gasteiger partial charge on any atom is 0.236 e. The van der Waals surface area contributed by atoms with Crippen LogP contribution >= 0.6 is 0 Å². The maximum atomic E-state index is 12.2. The van der Waals surface area contributed by atoms with Gasteiger partial charge in [0.05, 0.1) is 19.8 Å². The van der Waals surface area contributed by atoms with Crippen LogP contribution in [0.4, 0.5) is 0 Å². The molecule has 2 rings (SSSR count). The van der Waals surface area contributed by atoms with E-state index < -0.39 is 0 Å². The minimum Gasteiger partial charge on any atom is -0.378 e. The molecule has 4 nitrogen and oxygen atoms in total. The molecule has 4 heteroatoms. The molecule has 0 aromatic heterocycles. The first-order valence-corrected chi connectivity index (χ1v) is 7.17. The number of carbonyl (C=O) groups is 1. The number of hydrogen-bond acceptors (Lipinski definition) is 3. The van der Waals surface area contributed by atoms with Crippen molar-refractivity contribution >= 4 is 5.91 Å². The molecule has 0 aromatic carbocycles. The topological polar surface area (TPSA) is 32.8 Å². The van der Waals surface area contributed by atoms with Gasteiger partial charge in [-0.3, -0.25) is 9.69 Å². The lowest BCUT2D eigenvalue weighted by atomic mass is 10.2. The van der Waals surface area contributed by atoms with Crippen LogP contribution in [-0.2, 0) is 9.53 Å². The Morgan fingerprint density at radius 2 is 2.00 bits per heavy atom. The van der Waals surface area contributed by atoms with E-state index in [4.69, 9.17) is 4.74 Å². The summed E-state index contributed by atoms with van der Waals surface area (Å²) in [5.41, 5.74) is 0. The van der Waals surface area contributed by atoms with Crippen molar-refractivity contribution in [1.29, 1.82) is 0 Å². The Balaban J connectivity index is 1.81. The van der Waals surface area contributed by atoms with Crippen molar-refractivity contribution in [2.75, 3.05) is 39.4 Å². The Kier molecular flexibility index (Phi) is 4.62. The molecule has 1 saturated heterocycles. The Hall–Kier alpha value is -0.610. The van der Waals surface area contributed by atoms with Crippen LogP contribution in [0, 0.1) is 11.8 Å². The highest BCUT2D eigenvalue weighted by Crippen LogP contribution is 2.38. The number of rotatable bonds is 5. The average molecular weight is 254 g/mol. The number of hydrogen-bond donors (Lipinski definition) is 0. The molecule has 0 radical (unpaired) electrons. The van der Waals surface area contributed by atoms with E-state index in [2.05, 4.69) is 25.7 Å². The SMILES string of the molecule is CC(C)N(CC(=O)N1CCOCC1)C[C@@H]1C[C@H]1C. The van der Waals surface area contributed by atoms with Crippen LogP contribution in [0.5, 0.6) is 0 Å². The van der Waals surface area contributed by atoms with Gasteiger partial charge in [0.25, 0.3) is 0 Å². The molecule has 2 aliphatic rings. The number of amides is 1. The molecule has 104 valence electrons. The van der Waals surface area contributed by atoms with Crippen LogP contribution < -0.4 is 0 Å². The molecule has 1 heterocycles. The molecule has 0 spiro atoms. The van der Waals surface area contributed by atoms with Crippen LogP contribution in [-0.4, -0.2) is 61.1 Å². The maximum absolute atomic E-state index is 12.2. The first kappa shape index (κ1) is 13.8. The van der Waals surface area contributed by atoms with Crippen LogP contribution in [0.1, 0.15) is 27.2 Å². The molecule has 0 unspecified atom stereocenters. The van der Waals surface area contributed by atoms with Gasteiger partial charge in [-0.05, 0) is 32.1 Å². The lowest BCUT2D eigenvalue weighted by Gasteiger charge is -2.31. The van der Waals surface area contributed by atoms with E-state index in [9.17, 15) is 4.79 Å². The van der Waals surface area contributed by atoms with E-state index in [1.807, 2.05) is 4.90 Å². The van der Waals surface area contributed by atoms with Crippen LogP contribution in [0.15, 0.2) is 0 Å². The van der Waals surface area contributed by atoms with Gasteiger partial charge in [0.2, 0.25) is 5.91 Å². The molecule has 1 saturated carbocycles. The highest BCUT2D eigenvalue weighted by atomic mass is 16.5. The van der Waals surface area contributed by atoms with Crippen LogP contribution in [0.3, 0.4) is 0 Å². The first-order valence-electron chi connectivity index (χ1n) is 7.17. The van der Waals surface area contributed by atoms with Gasteiger partial charge in [-0.2, -0.15) is 0 Å². The third-order valence-electron chi connectivity index (χ3n) is 4.18. The first-order chi connectivity index (χ1) is 8.58. The average Bonchev–Trinajstić information content (AvgIpc) is 3.05.